The molecule has 2 atom stereocenters. The first-order valence-corrected chi connectivity index (χ1v) is 10.5. The Kier molecular flexibility index (Phi) is 6.70. The molecule has 0 amide bonds. The van der Waals surface area contributed by atoms with Crippen LogP contribution in [-0.4, -0.2) is 17.0 Å². The molecule has 0 N–H and O–H groups in total. The van der Waals surface area contributed by atoms with Gasteiger partial charge in [-0.05, 0) is 70.1 Å². The lowest BCUT2D eigenvalue weighted by Gasteiger charge is -2.35. The van der Waals surface area contributed by atoms with Crippen LogP contribution in [0, 0.1) is 28.9 Å². The molecule has 1 fully saturated rings. The third kappa shape index (κ3) is 4.67. The van der Waals surface area contributed by atoms with Gasteiger partial charge in [0.2, 0.25) is 0 Å². The van der Waals surface area contributed by atoms with Gasteiger partial charge in [-0.1, -0.05) is 36.4 Å². The van der Waals surface area contributed by atoms with Crippen molar-refractivity contribution in [3.8, 4) is 6.07 Å². The standard InChI is InChI=1S/C25H30F2N2/c1-18(2)29(16-20-8-5-4-6-9-20)19(3)14-15-25(17-28,21-12-13-21)24-22(26)10-7-11-23(24)27/h4-11,18-19,21H,12-16H2,1-3H3. The summed E-state index contributed by atoms with van der Waals surface area (Å²) in [6, 6.07) is 17.1. The van der Waals surface area contributed by atoms with Crippen LogP contribution < -0.4 is 0 Å². The molecule has 2 aromatic rings. The van der Waals surface area contributed by atoms with Gasteiger partial charge in [-0.3, -0.25) is 4.90 Å². The lowest BCUT2D eigenvalue weighted by atomic mass is 9.72. The lowest BCUT2D eigenvalue weighted by Crippen LogP contribution is -2.40. The van der Waals surface area contributed by atoms with Crippen LogP contribution in [0.25, 0.3) is 0 Å². The molecule has 1 aliphatic rings. The first kappa shape index (κ1) is 21.5. The largest absolute Gasteiger partial charge is 0.294 e. The number of halogens is 2. The Hall–Kier alpha value is -2.25. The Morgan fingerprint density at radius 1 is 1.03 bits per heavy atom. The van der Waals surface area contributed by atoms with E-state index in [2.05, 4.69) is 43.9 Å². The SMILES string of the molecule is CC(C)N(Cc1ccccc1)C(C)CCC(C#N)(c1c(F)cccc1F)C1CC1. The fraction of sp³-hybridized carbons (Fsp3) is 0.480. The van der Waals surface area contributed by atoms with Gasteiger partial charge in [-0.15, -0.1) is 0 Å². The molecule has 2 unspecified atom stereocenters. The third-order valence-corrected chi connectivity index (χ3v) is 6.28. The summed E-state index contributed by atoms with van der Waals surface area (Å²) in [5, 5.41) is 10.1. The zero-order chi connectivity index (χ0) is 21.0. The Balaban J connectivity index is 1.81. The van der Waals surface area contributed by atoms with Crippen LogP contribution in [0.3, 0.4) is 0 Å². The van der Waals surface area contributed by atoms with Crippen LogP contribution in [-0.2, 0) is 12.0 Å². The van der Waals surface area contributed by atoms with Crippen molar-refractivity contribution in [1.82, 2.24) is 4.90 Å². The Morgan fingerprint density at radius 3 is 2.17 bits per heavy atom. The first-order chi connectivity index (χ1) is 13.9. The summed E-state index contributed by atoms with van der Waals surface area (Å²) in [6.45, 7) is 7.29. The van der Waals surface area contributed by atoms with Crippen molar-refractivity contribution in [3.05, 3.63) is 71.3 Å². The molecule has 4 heteroatoms. The molecule has 154 valence electrons. The predicted molar refractivity (Wildman–Crippen MR) is 112 cm³/mol. The molecule has 2 aromatic carbocycles. The third-order valence-electron chi connectivity index (χ3n) is 6.28. The minimum Gasteiger partial charge on any atom is -0.294 e. The van der Waals surface area contributed by atoms with Gasteiger partial charge in [0.15, 0.2) is 0 Å². The molecule has 0 saturated heterocycles. The number of hydrogen-bond acceptors (Lipinski definition) is 2. The summed E-state index contributed by atoms with van der Waals surface area (Å²) in [6.07, 6.45) is 2.88. The fourth-order valence-corrected chi connectivity index (χ4v) is 4.48. The number of nitrogens with zero attached hydrogens (tertiary/aromatic N) is 2. The van der Waals surface area contributed by atoms with Crippen molar-refractivity contribution >= 4 is 0 Å². The second-order valence-electron chi connectivity index (χ2n) is 8.59. The van der Waals surface area contributed by atoms with E-state index >= 15 is 0 Å². The molecule has 0 bridgehead atoms. The molecule has 1 saturated carbocycles. The summed E-state index contributed by atoms with van der Waals surface area (Å²) in [5.74, 6) is -1.17. The van der Waals surface area contributed by atoms with Crippen LogP contribution in [0.15, 0.2) is 48.5 Å². The molecule has 1 aliphatic carbocycles. The smallest absolute Gasteiger partial charge is 0.130 e. The van der Waals surface area contributed by atoms with Gasteiger partial charge in [-0.25, -0.2) is 8.78 Å². The molecule has 0 heterocycles. The van der Waals surface area contributed by atoms with Crippen LogP contribution in [0.2, 0.25) is 0 Å². The topological polar surface area (TPSA) is 27.0 Å². The summed E-state index contributed by atoms with van der Waals surface area (Å²) in [7, 11) is 0. The second-order valence-corrected chi connectivity index (χ2v) is 8.59. The van der Waals surface area contributed by atoms with Crippen molar-refractivity contribution in [1.29, 1.82) is 5.26 Å². The minimum atomic E-state index is -1.08. The van der Waals surface area contributed by atoms with Gasteiger partial charge in [-0.2, -0.15) is 5.26 Å². The van der Waals surface area contributed by atoms with Crippen molar-refractivity contribution in [2.45, 2.75) is 70.5 Å². The van der Waals surface area contributed by atoms with E-state index in [0.717, 1.165) is 19.4 Å². The monoisotopic (exact) mass is 396 g/mol. The summed E-state index contributed by atoms with van der Waals surface area (Å²) in [4.78, 5) is 2.39. The van der Waals surface area contributed by atoms with Crippen LogP contribution in [0.5, 0.6) is 0 Å². The second kappa shape index (κ2) is 9.05. The van der Waals surface area contributed by atoms with E-state index in [9.17, 15) is 14.0 Å². The van der Waals surface area contributed by atoms with Gasteiger partial charge in [0.25, 0.3) is 0 Å². The van der Waals surface area contributed by atoms with E-state index in [4.69, 9.17) is 0 Å². The van der Waals surface area contributed by atoms with Gasteiger partial charge in [0.1, 0.15) is 11.6 Å². The van der Waals surface area contributed by atoms with E-state index in [1.54, 1.807) is 0 Å². The summed E-state index contributed by atoms with van der Waals surface area (Å²) < 4.78 is 29.2. The van der Waals surface area contributed by atoms with E-state index in [-0.39, 0.29) is 17.5 Å². The number of benzene rings is 2. The Bertz CT molecular complexity index is 835. The highest BCUT2D eigenvalue weighted by atomic mass is 19.1. The van der Waals surface area contributed by atoms with Gasteiger partial charge >= 0.3 is 0 Å². The fourth-order valence-electron chi connectivity index (χ4n) is 4.48. The van der Waals surface area contributed by atoms with Crippen molar-refractivity contribution in [2.75, 3.05) is 0 Å². The van der Waals surface area contributed by atoms with E-state index in [0.29, 0.717) is 18.9 Å². The highest BCUT2D eigenvalue weighted by molar-refractivity contribution is 5.38. The van der Waals surface area contributed by atoms with Crippen molar-refractivity contribution in [3.63, 3.8) is 0 Å². The predicted octanol–water partition coefficient (Wildman–Crippen LogP) is 6.22. The van der Waals surface area contributed by atoms with Gasteiger partial charge < -0.3 is 0 Å². The average molecular weight is 397 g/mol. The quantitative estimate of drug-likeness (QED) is 0.503. The Morgan fingerprint density at radius 2 is 1.66 bits per heavy atom. The van der Waals surface area contributed by atoms with E-state index in [1.165, 1.54) is 23.8 Å². The van der Waals surface area contributed by atoms with Gasteiger partial charge in [0.05, 0.1) is 11.5 Å². The lowest BCUT2D eigenvalue weighted by molar-refractivity contribution is 0.139. The number of hydrogen-bond donors (Lipinski definition) is 0. The maximum atomic E-state index is 14.6. The van der Waals surface area contributed by atoms with Crippen LogP contribution in [0.1, 0.15) is 57.6 Å². The van der Waals surface area contributed by atoms with E-state index < -0.39 is 17.0 Å². The zero-order valence-corrected chi connectivity index (χ0v) is 17.5. The molecular weight excluding hydrogens is 366 g/mol. The molecule has 3 rings (SSSR count). The Labute approximate surface area is 173 Å². The highest BCUT2D eigenvalue weighted by Gasteiger charge is 2.49. The molecule has 2 nitrogen and oxygen atoms in total. The van der Waals surface area contributed by atoms with Crippen LogP contribution in [0.4, 0.5) is 8.78 Å². The van der Waals surface area contributed by atoms with Crippen molar-refractivity contribution < 1.29 is 8.78 Å². The highest BCUT2D eigenvalue weighted by Crippen LogP contribution is 2.51. The van der Waals surface area contributed by atoms with Gasteiger partial charge in [0, 0.05) is 24.2 Å². The molecule has 29 heavy (non-hydrogen) atoms. The molecule has 0 spiro atoms. The average Bonchev–Trinajstić information content (AvgIpc) is 3.54. The van der Waals surface area contributed by atoms with Crippen molar-refractivity contribution in [2.24, 2.45) is 5.92 Å². The number of rotatable bonds is 9. The van der Waals surface area contributed by atoms with E-state index in [1.807, 2.05) is 18.2 Å². The molecule has 0 radical (unpaired) electrons. The summed E-state index contributed by atoms with van der Waals surface area (Å²) in [5.41, 5.74) is 0.123. The molecule has 0 aliphatic heterocycles. The maximum Gasteiger partial charge on any atom is 0.130 e. The maximum absolute atomic E-state index is 14.6. The first-order valence-electron chi connectivity index (χ1n) is 10.5. The van der Waals surface area contributed by atoms with Crippen LogP contribution >= 0.6 is 0 Å². The number of nitriles is 1. The minimum absolute atomic E-state index is 0.0312. The normalized spacial score (nSPS) is 17.2. The molecular formula is C25H30F2N2. The summed E-state index contributed by atoms with van der Waals surface area (Å²) >= 11 is 0. The molecule has 0 aromatic heterocycles. The zero-order valence-electron chi connectivity index (χ0n) is 17.5.